The predicted molar refractivity (Wildman–Crippen MR) is 26.6 cm³/mol. The number of allylic oxidation sites excluding steroid dienone is 1. The fourth-order valence-corrected chi connectivity index (χ4v) is 0.415. The molecule has 0 aliphatic carbocycles. The summed E-state index contributed by atoms with van der Waals surface area (Å²) in [6, 6.07) is 0. The van der Waals surface area contributed by atoms with Crippen LogP contribution in [0.15, 0.2) is 17.4 Å². The van der Waals surface area contributed by atoms with Crippen LogP contribution in [0.2, 0.25) is 0 Å². The quantitative estimate of drug-likeness (QED) is 0.399. The van der Waals surface area contributed by atoms with Gasteiger partial charge in [0, 0.05) is 6.42 Å². The zero-order valence-electron chi connectivity index (χ0n) is 3.79. The van der Waals surface area contributed by atoms with Gasteiger partial charge in [0.25, 0.3) is 0 Å². The highest BCUT2D eigenvalue weighted by Crippen LogP contribution is 1.75. The van der Waals surface area contributed by atoms with Gasteiger partial charge in [-0.3, -0.25) is 0 Å². The van der Waals surface area contributed by atoms with E-state index in [1.807, 2.05) is 0 Å². The minimum atomic E-state index is -0.147. The molecule has 0 aromatic heterocycles. The Kier molecular flexibility index (Phi) is 1.19. The Morgan fingerprint density at radius 3 is 2.86 bits per heavy atom. The van der Waals surface area contributed by atoms with Crippen LogP contribution in [0.3, 0.4) is 0 Å². The number of hydrogen-bond acceptors (Lipinski definition) is 2. The van der Waals surface area contributed by atoms with Gasteiger partial charge in [0.2, 0.25) is 0 Å². The van der Waals surface area contributed by atoms with Gasteiger partial charge in [0.15, 0.2) is 0 Å². The lowest BCUT2D eigenvalue weighted by molar-refractivity contribution is -0.798. The number of hydrogen-bond donors (Lipinski definition) is 1. The largest absolute Gasteiger partial charge is 0.601 e. The van der Waals surface area contributed by atoms with Gasteiger partial charge in [-0.25, -0.2) is 5.17 Å². The van der Waals surface area contributed by atoms with Crippen molar-refractivity contribution in [3.63, 3.8) is 0 Å². The molecule has 1 heterocycles. The van der Waals surface area contributed by atoms with Crippen LogP contribution in [0, 0.1) is 5.21 Å². The smallest absolute Gasteiger partial charge is 0.117 e. The molecule has 1 atom stereocenters. The van der Waals surface area contributed by atoms with Gasteiger partial charge in [0.1, 0.15) is 6.20 Å². The monoisotopic (exact) mass is 98.0 g/mol. The highest BCUT2D eigenvalue weighted by molar-refractivity contribution is 5.58. The molecule has 3 nitrogen and oxygen atoms in total. The van der Waals surface area contributed by atoms with Crippen molar-refractivity contribution in [1.82, 2.24) is 0 Å². The number of quaternary nitrogens is 1. The molecule has 0 fully saturated rings. The van der Waals surface area contributed by atoms with Gasteiger partial charge in [-0.1, -0.05) is 5.10 Å². The van der Waals surface area contributed by atoms with Gasteiger partial charge in [-0.15, -0.1) is 0 Å². The first kappa shape index (κ1) is 4.49. The van der Waals surface area contributed by atoms with E-state index in [1.165, 1.54) is 6.20 Å². The van der Waals surface area contributed by atoms with Crippen molar-refractivity contribution in [2.75, 3.05) is 0 Å². The Balaban J connectivity index is 2.49. The highest BCUT2D eigenvalue weighted by atomic mass is 16.5. The Bertz CT molecular complexity index is 96.3. The number of rotatable bonds is 0. The highest BCUT2D eigenvalue weighted by Gasteiger charge is 1.87. The second kappa shape index (κ2) is 1.86. The van der Waals surface area contributed by atoms with Crippen LogP contribution < -0.4 is 5.17 Å². The average molecular weight is 98.1 g/mol. The van der Waals surface area contributed by atoms with Gasteiger partial charge in [-0.05, 0) is 6.08 Å². The van der Waals surface area contributed by atoms with Crippen LogP contribution in [0.4, 0.5) is 0 Å². The second-order valence-electron chi connectivity index (χ2n) is 1.29. The van der Waals surface area contributed by atoms with E-state index in [-0.39, 0.29) is 5.17 Å². The Morgan fingerprint density at radius 1 is 1.71 bits per heavy atom. The summed E-state index contributed by atoms with van der Waals surface area (Å²) in [4.78, 5) is 0. The summed E-state index contributed by atoms with van der Waals surface area (Å²) in [5.74, 6) is 0. The molecule has 0 saturated carbocycles. The summed E-state index contributed by atoms with van der Waals surface area (Å²) in [6.07, 6.45) is 5.66. The molecular formula is C4H6N2O. The van der Waals surface area contributed by atoms with Crippen LogP contribution >= 0.6 is 0 Å². The lowest BCUT2D eigenvalue weighted by atomic mass is 10.4. The van der Waals surface area contributed by atoms with Crippen LogP contribution in [0.25, 0.3) is 0 Å². The van der Waals surface area contributed by atoms with E-state index in [4.69, 9.17) is 0 Å². The Morgan fingerprint density at radius 2 is 2.57 bits per heavy atom. The third kappa shape index (κ3) is 1.10. The Hall–Kier alpha value is -0.670. The average Bonchev–Trinajstić information content (AvgIpc) is 1.69. The molecule has 0 aromatic carbocycles. The van der Waals surface area contributed by atoms with Crippen molar-refractivity contribution >= 4 is 6.21 Å². The maximum absolute atomic E-state index is 10.2. The standard InChI is InChI=1S/C4H6N2O/c7-6-4-2-1-3-5-6/h2-4,6H,1H2. The minimum absolute atomic E-state index is 0.147. The number of nitrogens with zero attached hydrogens (tertiary/aromatic N) is 1. The van der Waals surface area contributed by atoms with Crippen molar-refractivity contribution < 1.29 is 5.17 Å². The third-order valence-electron chi connectivity index (χ3n) is 0.720. The number of nitrogens with one attached hydrogen (secondary N) is 1. The van der Waals surface area contributed by atoms with Gasteiger partial charge < -0.3 is 5.21 Å². The molecule has 1 aliphatic rings. The van der Waals surface area contributed by atoms with E-state index >= 15 is 0 Å². The van der Waals surface area contributed by atoms with E-state index in [9.17, 15) is 5.21 Å². The Labute approximate surface area is 41.5 Å². The molecule has 0 spiro atoms. The molecule has 1 rings (SSSR count). The lowest BCUT2D eigenvalue weighted by Gasteiger charge is -2.09. The maximum Gasteiger partial charge on any atom is 0.117 e. The van der Waals surface area contributed by atoms with Crippen molar-refractivity contribution in [3.8, 4) is 0 Å². The molecule has 0 amide bonds. The first-order valence-electron chi connectivity index (χ1n) is 2.12. The van der Waals surface area contributed by atoms with E-state index in [1.54, 1.807) is 12.3 Å². The molecule has 1 unspecified atom stereocenters. The van der Waals surface area contributed by atoms with Crippen molar-refractivity contribution in [2.45, 2.75) is 6.42 Å². The van der Waals surface area contributed by atoms with E-state index in [0.717, 1.165) is 6.42 Å². The molecule has 0 radical (unpaired) electrons. The lowest BCUT2D eigenvalue weighted by Crippen LogP contribution is -2.97. The molecular weight excluding hydrogens is 92.1 g/mol. The van der Waals surface area contributed by atoms with Gasteiger partial charge in [0.05, 0.1) is 6.21 Å². The maximum atomic E-state index is 10.2. The van der Waals surface area contributed by atoms with Crippen molar-refractivity contribution in [3.05, 3.63) is 17.5 Å². The molecule has 7 heavy (non-hydrogen) atoms. The second-order valence-corrected chi connectivity index (χ2v) is 1.29. The van der Waals surface area contributed by atoms with Crippen molar-refractivity contribution in [1.29, 1.82) is 0 Å². The van der Waals surface area contributed by atoms with E-state index in [0.29, 0.717) is 0 Å². The summed E-state index contributed by atoms with van der Waals surface area (Å²) < 4.78 is 0. The SMILES string of the molecule is [O-][NH+]1C=CCC=N1. The summed E-state index contributed by atoms with van der Waals surface area (Å²) in [6.45, 7) is 0. The van der Waals surface area contributed by atoms with Crippen LogP contribution in [-0.2, 0) is 0 Å². The topological polar surface area (TPSA) is 39.9 Å². The summed E-state index contributed by atoms with van der Waals surface area (Å²) in [5.41, 5.74) is 0. The molecule has 38 valence electrons. The minimum Gasteiger partial charge on any atom is -0.601 e. The molecule has 1 aliphatic heterocycles. The summed E-state index contributed by atoms with van der Waals surface area (Å²) in [5, 5.41) is 13.5. The fraction of sp³-hybridized carbons (Fsp3) is 0.250. The van der Waals surface area contributed by atoms with E-state index in [2.05, 4.69) is 5.10 Å². The van der Waals surface area contributed by atoms with Crippen LogP contribution in [0.1, 0.15) is 6.42 Å². The summed E-state index contributed by atoms with van der Waals surface area (Å²) in [7, 11) is 0. The van der Waals surface area contributed by atoms with Crippen LogP contribution in [-0.4, -0.2) is 6.21 Å². The molecule has 0 saturated heterocycles. The molecule has 1 N–H and O–H groups in total. The summed E-state index contributed by atoms with van der Waals surface area (Å²) >= 11 is 0. The van der Waals surface area contributed by atoms with Crippen molar-refractivity contribution in [2.24, 2.45) is 5.10 Å². The van der Waals surface area contributed by atoms with Gasteiger partial charge >= 0.3 is 0 Å². The first-order valence-corrected chi connectivity index (χ1v) is 2.12. The van der Waals surface area contributed by atoms with Gasteiger partial charge in [-0.2, -0.15) is 0 Å². The van der Waals surface area contributed by atoms with E-state index < -0.39 is 0 Å². The zero-order valence-corrected chi connectivity index (χ0v) is 3.79. The first-order chi connectivity index (χ1) is 3.39. The predicted octanol–water partition coefficient (Wildman–Crippen LogP) is -0.728. The normalized spacial score (nSPS) is 28.4. The zero-order chi connectivity index (χ0) is 5.11. The van der Waals surface area contributed by atoms with Crippen LogP contribution in [0.5, 0.6) is 0 Å². The fourth-order valence-electron chi connectivity index (χ4n) is 0.415. The number of hydroxylamine groups is 1. The molecule has 3 heteroatoms. The third-order valence-corrected chi connectivity index (χ3v) is 0.720. The molecule has 0 aromatic rings. The molecule has 0 bridgehead atoms.